The summed E-state index contributed by atoms with van der Waals surface area (Å²) in [5, 5.41) is 10.2. The highest BCUT2D eigenvalue weighted by atomic mass is 32.1. The van der Waals surface area contributed by atoms with Crippen molar-refractivity contribution in [3.63, 3.8) is 0 Å². The fraction of sp³-hybridized carbons (Fsp3) is 0.167. The number of fused-ring (bicyclic) bond motifs is 1. The fourth-order valence-corrected chi connectivity index (χ4v) is 2.38. The number of carbonyl (C=O) groups is 1. The lowest BCUT2D eigenvalue weighted by atomic mass is 10.2. The van der Waals surface area contributed by atoms with Gasteiger partial charge in [0.05, 0.1) is 22.3 Å². The first-order chi connectivity index (χ1) is 9.22. The van der Waals surface area contributed by atoms with Gasteiger partial charge < -0.3 is 9.73 Å². The van der Waals surface area contributed by atoms with Gasteiger partial charge >= 0.3 is 0 Å². The molecule has 0 fully saturated rings. The maximum Gasteiger partial charge on any atom is 0.251 e. The Morgan fingerprint density at radius 1 is 1.42 bits per heavy atom. The third-order valence-electron chi connectivity index (χ3n) is 2.56. The zero-order valence-corrected chi connectivity index (χ0v) is 10.9. The van der Waals surface area contributed by atoms with Crippen molar-refractivity contribution in [2.75, 3.05) is 0 Å². The van der Waals surface area contributed by atoms with Crippen molar-refractivity contribution in [3.8, 4) is 0 Å². The van der Waals surface area contributed by atoms with Gasteiger partial charge in [0.25, 0.3) is 5.91 Å². The van der Waals surface area contributed by atoms with Gasteiger partial charge in [-0.15, -0.1) is 21.5 Å². The molecule has 0 aliphatic heterocycles. The topological polar surface area (TPSA) is 80.9 Å². The van der Waals surface area contributed by atoms with E-state index in [0.29, 0.717) is 17.3 Å². The Bertz CT molecular complexity index is 734. The van der Waals surface area contributed by atoms with E-state index in [4.69, 9.17) is 4.42 Å². The lowest BCUT2D eigenvalue weighted by molar-refractivity contribution is 0.0947. The second-order valence-corrected chi connectivity index (χ2v) is 4.82. The summed E-state index contributed by atoms with van der Waals surface area (Å²) in [5.41, 5.74) is 3.25. The number of thiazole rings is 1. The first-order valence-corrected chi connectivity index (χ1v) is 6.51. The number of rotatable bonds is 3. The molecule has 3 rings (SSSR count). The molecule has 96 valence electrons. The van der Waals surface area contributed by atoms with Crippen LogP contribution in [0.4, 0.5) is 0 Å². The molecule has 2 heterocycles. The molecular weight excluding hydrogens is 264 g/mol. The quantitative estimate of drug-likeness (QED) is 0.789. The van der Waals surface area contributed by atoms with Crippen molar-refractivity contribution in [1.29, 1.82) is 0 Å². The number of aromatic nitrogens is 3. The summed E-state index contributed by atoms with van der Waals surface area (Å²) in [6.07, 6.45) is 0. The Morgan fingerprint density at radius 2 is 2.32 bits per heavy atom. The van der Waals surface area contributed by atoms with E-state index in [1.165, 1.54) is 11.3 Å². The zero-order valence-electron chi connectivity index (χ0n) is 10.1. The lowest BCUT2D eigenvalue weighted by Gasteiger charge is -2.02. The van der Waals surface area contributed by atoms with E-state index in [1.807, 2.05) is 12.1 Å². The second kappa shape index (κ2) is 4.77. The normalized spacial score (nSPS) is 10.8. The molecule has 0 atom stereocenters. The molecule has 0 saturated heterocycles. The van der Waals surface area contributed by atoms with Crippen molar-refractivity contribution in [1.82, 2.24) is 20.5 Å². The van der Waals surface area contributed by atoms with Crippen LogP contribution in [-0.4, -0.2) is 21.1 Å². The third kappa shape index (κ3) is 2.45. The number of benzene rings is 1. The minimum Gasteiger partial charge on any atom is -0.424 e. The SMILES string of the molecule is Cc1nnc(CNC(=O)c2ccc3ncsc3c2)o1. The van der Waals surface area contributed by atoms with Crippen LogP contribution in [0, 0.1) is 6.92 Å². The summed E-state index contributed by atoms with van der Waals surface area (Å²) in [7, 11) is 0. The van der Waals surface area contributed by atoms with Crippen LogP contribution in [0.25, 0.3) is 10.2 Å². The van der Waals surface area contributed by atoms with E-state index in [-0.39, 0.29) is 12.5 Å². The van der Waals surface area contributed by atoms with E-state index in [1.54, 1.807) is 18.5 Å². The Labute approximate surface area is 112 Å². The van der Waals surface area contributed by atoms with Gasteiger partial charge in [-0.2, -0.15) is 0 Å². The predicted molar refractivity (Wildman–Crippen MR) is 69.8 cm³/mol. The summed E-state index contributed by atoms with van der Waals surface area (Å²) in [6.45, 7) is 1.93. The van der Waals surface area contributed by atoms with Crippen LogP contribution in [0.2, 0.25) is 0 Å². The second-order valence-electron chi connectivity index (χ2n) is 3.93. The minimum atomic E-state index is -0.175. The summed E-state index contributed by atoms with van der Waals surface area (Å²) in [6, 6.07) is 5.40. The van der Waals surface area contributed by atoms with Gasteiger partial charge in [0.1, 0.15) is 0 Å². The molecule has 1 amide bonds. The predicted octanol–water partition coefficient (Wildman–Crippen LogP) is 1.92. The summed E-state index contributed by atoms with van der Waals surface area (Å²) < 4.78 is 6.17. The molecule has 1 N–H and O–H groups in total. The van der Waals surface area contributed by atoms with Gasteiger partial charge in [0.15, 0.2) is 0 Å². The van der Waals surface area contributed by atoms with Crippen LogP contribution < -0.4 is 5.32 Å². The number of nitrogens with one attached hydrogen (secondary N) is 1. The summed E-state index contributed by atoms with van der Waals surface area (Å²) in [5.74, 6) is 0.700. The van der Waals surface area contributed by atoms with Gasteiger partial charge in [-0.25, -0.2) is 4.98 Å². The highest BCUT2D eigenvalue weighted by Crippen LogP contribution is 2.19. The summed E-state index contributed by atoms with van der Waals surface area (Å²) in [4.78, 5) is 16.1. The molecule has 3 aromatic rings. The molecule has 6 nitrogen and oxygen atoms in total. The average Bonchev–Trinajstić information content (AvgIpc) is 3.03. The number of hydrogen-bond donors (Lipinski definition) is 1. The number of amides is 1. The Balaban J connectivity index is 1.72. The van der Waals surface area contributed by atoms with Crippen LogP contribution in [-0.2, 0) is 6.54 Å². The molecule has 0 aliphatic rings. The molecule has 19 heavy (non-hydrogen) atoms. The summed E-state index contributed by atoms with van der Waals surface area (Å²) >= 11 is 1.50. The van der Waals surface area contributed by atoms with Crippen LogP contribution in [0.5, 0.6) is 0 Å². The first-order valence-electron chi connectivity index (χ1n) is 5.63. The van der Waals surface area contributed by atoms with E-state index >= 15 is 0 Å². The maximum atomic E-state index is 12.0. The fourth-order valence-electron chi connectivity index (χ4n) is 1.66. The van der Waals surface area contributed by atoms with Gasteiger partial charge in [-0.05, 0) is 18.2 Å². The minimum absolute atomic E-state index is 0.175. The number of hydrogen-bond acceptors (Lipinski definition) is 6. The zero-order chi connectivity index (χ0) is 13.2. The lowest BCUT2D eigenvalue weighted by Crippen LogP contribution is -2.22. The average molecular weight is 274 g/mol. The highest BCUT2D eigenvalue weighted by molar-refractivity contribution is 7.16. The Morgan fingerprint density at radius 3 is 3.11 bits per heavy atom. The van der Waals surface area contributed by atoms with Crippen LogP contribution in [0.15, 0.2) is 28.1 Å². The molecule has 1 aromatic carbocycles. The molecular formula is C12H10N4O2S. The van der Waals surface area contributed by atoms with E-state index < -0.39 is 0 Å². The van der Waals surface area contributed by atoms with E-state index in [9.17, 15) is 4.79 Å². The number of nitrogens with zero attached hydrogens (tertiary/aromatic N) is 3. The van der Waals surface area contributed by atoms with Crippen molar-refractivity contribution in [2.24, 2.45) is 0 Å². The third-order valence-corrected chi connectivity index (χ3v) is 3.35. The largest absolute Gasteiger partial charge is 0.424 e. The van der Waals surface area contributed by atoms with Crippen molar-refractivity contribution in [2.45, 2.75) is 13.5 Å². The van der Waals surface area contributed by atoms with E-state index in [2.05, 4.69) is 20.5 Å². The molecule has 0 unspecified atom stereocenters. The molecule has 0 radical (unpaired) electrons. The Kier molecular flexibility index (Phi) is 2.96. The maximum absolute atomic E-state index is 12.0. The van der Waals surface area contributed by atoms with Gasteiger partial charge in [-0.3, -0.25) is 4.79 Å². The Hall–Kier alpha value is -2.28. The standard InChI is InChI=1S/C12H10N4O2S/c1-7-15-16-11(18-7)5-13-12(17)8-2-3-9-10(4-8)19-6-14-9/h2-4,6H,5H2,1H3,(H,13,17). The van der Waals surface area contributed by atoms with Gasteiger partial charge in [0, 0.05) is 12.5 Å². The first kappa shape index (κ1) is 11.8. The molecule has 0 spiro atoms. The molecule has 0 saturated carbocycles. The van der Waals surface area contributed by atoms with Crippen molar-refractivity contribution < 1.29 is 9.21 Å². The van der Waals surface area contributed by atoms with Crippen molar-refractivity contribution >= 4 is 27.5 Å². The molecule has 0 aliphatic carbocycles. The van der Waals surface area contributed by atoms with Crippen LogP contribution >= 0.6 is 11.3 Å². The van der Waals surface area contributed by atoms with Crippen molar-refractivity contribution in [3.05, 3.63) is 41.1 Å². The molecule has 7 heteroatoms. The van der Waals surface area contributed by atoms with Gasteiger partial charge in [-0.1, -0.05) is 0 Å². The number of carbonyl (C=O) groups excluding carboxylic acids is 1. The van der Waals surface area contributed by atoms with E-state index in [0.717, 1.165) is 10.2 Å². The van der Waals surface area contributed by atoms with Crippen LogP contribution in [0.1, 0.15) is 22.1 Å². The van der Waals surface area contributed by atoms with Gasteiger partial charge in [0.2, 0.25) is 11.8 Å². The molecule has 0 bridgehead atoms. The highest BCUT2D eigenvalue weighted by Gasteiger charge is 2.09. The smallest absolute Gasteiger partial charge is 0.251 e. The monoisotopic (exact) mass is 274 g/mol. The number of aryl methyl sites for hydroxylation is 1. The van der Waals surface area contributed by atoms with Crippen LogP contribution in [0.3, 0.4) is 0 Å². The molecule has 2 aromatic heterocycles.